The molecule has 6 heteroatoms. The third kappa shape index (κ3) is 4.58. The fourth-order valence-corrected chi connectivity index (χ4v) is 2.69. The van der Waals surface area contributed by atoms with Gasteiger partial charge in [-0.3, -0.25) is 4.79 Å². The Kier molecular flexibility index (Phi) is 5.49. The topological polar surface area (TPSA) is 54.0 Å². The van der Waals surface area contributed by atoms with Crippen LogP contribution in [-0.4, -0.2) is 10.9 Å². The molecule has 4 nitrogen and oxygen atoms in total. The number of hydrogen-bond acceptors (Lipinski definition) is 3. The lowest BCUT2D eigenvalue weighted by Crippen LogP contribution is -2.16. The smallest absolute Gasteiger partial charge is 0.230 e. The first-order valence-corrected chi connectivity index (χ1v) is 8.41. The van der Waals surface area contributed by atoms with E-state index in [0.29, 0.717) is 16.4 Å². The highest BCUT2D eigenvalue weighted by molar-refractivity contribution is 6.30. The molecule has 0 atom stereocenters. The van der Waals surface area contributed by atoms with Crippen LogP contribution in [0.15, 0.2) is 60.8 Å². The number of carbonyl (C=O) groups is 1. The van der Waals surface area contributed by atoms with E-state index in [4.69, 9.17) is 11.6 Å². The molecule has 0 unspecified atom stereocenters. The van der Waals surface area contributed by atoms with Crippen LogP contribution in [0.1, 0.15) is 11.1 Å². The molecule has 0 aliphatic heterocycles. The van der Waals surface area contributed by atoms with Crippen molar-refractivity contribution in [2.24, 2.45) is 0 Å². The lowest BCUT2D eigenvalue weighted by molar-refractivity contribution is -0.115. The maximum atomic E-state index is 13.6. The van der Waals surface area contributed by atoms with E-state index >= 15 is 0 Å². The summed E-state index contributed by atoms with van der Waals surface area (Å²) >= 11 is 5.95. The SMILES string of the molecule is Cc1cc(Cl)ccc1Nc1ccc(NC(=O)Cc2ccccc2F)nc1. The molecular weight excluding hydrogens is 353 g/mol. The van der Waals surface area contributed by atoms with Gasteiger partial charge < -0.3 is 10.6 Å². The first-order chi connectivity index (χ1) is 12.5. The maximum absolute atomic E-state index is 13.6. The number of nitrogens with zero attached hydrogens (tertiary/aromatic N) is 1. The highest BCUT2D eigenvalue weighted by atomic mass is 35.5. The van der Waals surface area contributed by atoms with E-state index in [2.05, 4.69) is 15.6 Å². The lowest BCUT2D eigenvalue weighted by Gasteiger charge is -2.10. The first-order valence-electron chi connectivity index (χ1n) is 8.04. The second kappa shape index (κ2) is 7.97. The van der Waals surface area contributed by atoms with Gasteiger partial charge in [0.1, 0.15) is 11.6 Å². The third-order valence-electron chi connectivity index (χ3n) is 3.81. The monoisotopic (exact) mass is 369 g/mol. The Morgan fingerprint density at radius 2 is 1.96 bits per heavy atom. The molecule has 2 N–H and O–H groups in total. The number of benzene rings is 2. The summed E-state index contributed by atoms with van der Waals surface area (Å²) in [5.74, 6) is -0.310. The molecule has 132 valence electrons. The number of rotatable bonds is 5. The Hall–Kier alpha value is -2.92. The molecule has 0 aliphatic carbocycles. The number of nitrogens with one attached hydrogen (secondary N) is 2. The van der Waals surface area contributed by atoms with Gasteiger partial charge in [-0.1, -0.05) is 29.8 Å². The van der Waals surface area contributed by atoms with Crippen LogP contribution in [0.2, 0.25) is 5.02 Å². The lowest BCUT2D eigenvalue weighted by atomic mass is 10.1. The zero-order valence-electron chi connectivity index (χ0n) is 14.1. The standard InChI is InChI=1S/C20H17ClFN3O/c1-13-10-15(21)6-8-18(13)24-16-7-9-19(23-12-16)25-20(26)11-14-4-2-3-5-17(14)22/h2-10,12,24H,11H2,1H3,(H,23,25,26). The van der Waals surface area contributed by atoms with Crippen molar-refractivity contribution in [3.8, 4) is 0 Å². The van der Waals surface area contributed by atoms with E-state index in [1.807, 2.05) is 25.1 Å². The number of carbonyl (C=O) groups excluding carboxylic acids is 1. The predicted molar refractivity (Wildman–Crippen MR) is 102 cm³/mol. The highest BCUT2D eigenvalue weighted by Gasteiger charge is 2.09. The summed E-state index contributed by atoms with van der Waals surface area (Å²) in [4.78, 5) is 16.3. The van der Waals surface area contributed by atoms with Crippen molar-refractivity contribution in [2.45, 2.75) is 13.3 Å². The van der Waals surface area contributed by atoms with Crippen LogP contribution >= 0.6 is 11.6 Å². The minimum Gasteiger partial charge on any atom is -0.354 e. The zero-order valence-corrected chi connectivity index (χ0v) is 14.8. The average Bonchev–Trinajstić information content (AvgIpc) is 2.61. The summed E-state index contributed by atoms with van der Waals surface area (Å²) in [5.41, 5.74) is 3.07. The fraction of sp³-hybridized carbons (Fsp3) is 0.100. The Balaban J connectivity index is 1.62. The second-order valence-electron chi connectivity index (χ2n) is 5.83. The molecular formula is C20H17ClFN3O. The van der Waals surface area contributed by atoms with Gasteiger partial charge in [-0.15, -0.1) is 0 Å². The van der Waals surface area contributed by atoms with Crippen LogP contribution < -0.4 is 10.6 Å². The van der Waals surface area contributed by atoms with Gasteiger partial charge in [-0.2, -0.15) is 0 Å². The van der Waals surface area contributed by atoms with Crippen molar-refractivity contribution in [1.82, 2.24) is 4.98 Å². The number of anilines is 3. The van der Waals surface area contributed by atoms with E-state index in [1.165, 1.54) is 6.07 Å². The quantitative estimate of drug-likeness (QED) is 0.657. The molecule has 2 aromatic carbocycles. The molecule has 0 saturated heterocycles. The number of aromatic nitrogens is 1. The summed E-state index contributed by atoms with van der Waals surface area (Å²) in [6, 6.07) is 15.3. The summed E-state index contributed by atoms with van der Waals surface area (Å²) in [6.45, 7) is 1.96. The minimum absolute atomic E-state index is 0.0433. The molecule has 3 aromatic rings. The molecule has 1 heterocycles. The molecule has 1 aromatic heterocycles. The number of amides is 1. The van der Waals surface area contributed by atoms with E-state index < -0.39 is 5.82 Å². The Bertz CT molecular complexity index is 929. The molecule has 0 spiro atoms. The summed E-state index contributed by atoms with van der Waals surface area (Å²) in [7, 11) is 0. The van der Waals surface area contributed by atoms with Gasteiger partial charge in [0, 0.05) is 10.7 Å². The number of hydrogen-bond donors (Lipinski definition) is 2. The molecule has 26 heavy (non-hydrogen) atoms. The largest absolute Gasteiger partial charge is 0.354 e. The minimum atomic E-state index is -0.395. The van der Waals surface area contributed by atoms with Gasteiger partial charge in [-0.25, -0.2) is 9.37 Å². The van der Waals surface area contributed by atoms with Crippen molar-refractivity contribution >= 4 is 34.7 Å². The molecule has 0 aliphatic rings. The fourth-order valence-electron chi connectivity index (χ4n) is 2.47. The average molecular weight is 370 g/mol. The summed E-state index contributed by atoms with van der Waals surface area (Å²) < 4.78 is 13.6. The van der Waals surface area contributed by atoms with Gasteiger partial charge in [0.15, 0.2) is 0 Å². The molecule has 3 rings (SSSR count). The van der Waals surface area contributed by atoms with E-state index in [1.54, 1.807) is 36.5 Å². The van der Waals surface area contributed by atoms with Crippen molar-refractivity contribution in [3.05, 3.63) is 82.8 Å². The number of pyridine rings is 1. The number of halogens is 2. The van der Waals surface area contributed by atoms with Crippen LogP contribution in [-0.2, 0) is 11.2 Å². The number of aryl methyl sites for hydroxylation is 1. The van der Waals surface area contributed by atoms with Gasteiger partial charge >= 0.3 is 0 Å². The molecule has 0 radical (unpaired) electrons. The van der Waals surface area contributed by atoms with Crippen LogP contribution in [0.5, 0.6) is 0 Å². The third-order valence-corrected chi connectivity index (χ3v) is 4.04. The van der Waals surface area contributed by atoms with Crippen LogP contribution in [0.25, 0.3) is 0 Å². The van der Waals surface area contributed by atoms with E-state index in [0.717, 1.165) is 16.9 Å². The van der Waals surface area contributed by atoms with E-state index in [9.17, 15) is 9.18 Å². The predicted octanol–water partition coefficient (Wildman–Crippen LogP) is 5.11. The van der Waals surface area contributed by atoms with Crippen molar-refractivity contribution in [1.29, 1.82) is 0 Å². The Morgan fingerprint density at radius 3 is 2.65 bits per heavy atom. The Labute approximate surface area is 156 Å². The molecule has 0 saturated carbocycles. The van der Waals surface area contributed by atoms with Crippen LogP contribution in [0.4, 0.5) is 21.6 Å². The van der Waals surface area contributed by atoms with Crippen LogP contribution in [0, 0.1) is 12.7 Å². The molecule has 1 amide bonds. The normalized spacial score (nSPS) is 10.4. The zero-order chi connectivity index (χ0) is 18.5. The maximum Gasteiger partial charge on any atom is 0.230 e. The van der Waals surface area contributed by atoms with Gasteiger partial charge in [0.2, 0.25) is 5.91 Å². The second-order valence-corrected chi connectivity index (χ2v) is 6.27. The van der Waals surface area contributed by atoms with Crippen molar-refractivity contribution in [2.75, 3.05) is 10.6 Å². The summed E-state index contributed by atoms with van der Waals surface area (Å²) in [5, 5.41) is 6.59. The van der Waals surface area contributed by atoms with Crippen LogP contribution in [0.3, 0.4) is 0 Å². The molecule has 0 bridgehead atoms. The summed E-state index contributed by atoms with van der Waals surface area (Å²) in [6.07, 6.45) is 1.57. The first kappa shape index (κ1) is 17.9. The highest BCUT2D eigenvalue weighted by Crippen LogP contribution is 2.23. The van der Waals surface area contributed by atoms with Crippen molar-refractivity contribution in [3.63, 3.8) is 0 Å². The van der Waals surface area contributed by atoms with Gasteiger partial charge in [0.05, 0.1) is 18.3 Å². The Morgan fingerprint density at radius 1 is 1.15 bits per heavy atom. The van der Waals surface area contributed by atoms with E-state index in [-0.39, 0.29) is 12.3 Å². The van der Waals surface area contributed by atoms with Gasteiger partial charge in [0.25, 0.3) is 0 Å². The van der Waals surface area contributed by atoms with Gasteiger partial charge in [-0.05, 0) is 54.4 Å². The van der Waals surface area contributed by atoms with Crippen molar-refractivity contribution < 1.29 is 9.18 Å². The molecule has 0 fully saturated rings.